The minimum Gasteiger partial charge on any atom is -0.306 e. The zero-order valence-electron chi connectivity index (χ0n) is 10.0. The molecule has 0 unspecified atom stereocenters. The summed E-state index contributed by atoms with van der Waals surface area (Å²) in [5.41, 5.74) is 1.01. The quantitative estimate of drug-likeness (QED) is 0.890. The van der Waals surface area contributed by atoms with E-state index in [0.717, 1.165) is 28.6 Å². The summed E-state index contributed by atoms with van der Waals surface area (Å²) in [6.07, 6.45) is 2.98. The Bertz CT molecular complexity index is 525. The molecule has 2 aromatic rings. The molecule has 0 aliphatic heterocycles. The highest BCUT2D eigenvalue weighted by Crippen LogP contribution is 2.20. The van der Waals surface area contributed by atoms with Gasteiger partial charge in [-0.2, -0.15) is 0 Å². The highest BCUT2D eigenvalue weighted by atomic mass is 35.5. The smallest absolute Gasteiger partial charge is 0.107 e. The largest absolute Gasteiger partial charge is 0.306 e. The molecule has 0 spiro atoms. The molecule has 1 aromatic carbocycles. The Hall–Kier alpha value is -0.610. The van der Waals surface area contributed by atoms with E-state index >= 15 is 0 Å². The average Bonchev–Trinajstić information content (AvgIpc) is 2.81. The maximum absolute atomic E-state index is 6.09. The molecule has 1 heterocycles. The normalized spacial score (nSPS) is 10.8. The van der Waals surface area contributed by atoms with E-state index < -0.39 is 0 Å². The molecule has 5 heteroatoms. The maximum Gasteiger partial charge on any atom is 0.107 e. The molecule has 0 fully saturated rings. The second kappa shape index (κ2) is 6.53. The molecule has 0 amide bonds. The molecule has 0 aliphatic rings. The molecule has 18 heavy (non-hydrogen) atoms. The Morgan fingerprint density at radius 3 is 2.83 bits per heavy atom. The minimum absolute atomic E-state index is 0.695. The summed E-state index contributed by atoms with van der Waals surface area (Å²) >= 11 is 13.8. The van der Waals surface area contributed by atoms with Gasteiger partial charge in [0.1, 0.15) is 5.01 Å². The van der Waals surface area contributed by atoms with Crippen LogP contribution in [0.2, 0.25) is 10.0 Å². The third-order valence-electron chi connectivity index (χ3n) is 2.55. The summed E-state index contributed by atoms with van der Waals surface area (Å²) < 4.78 is 0. The molecular weight excluding hydrogens is 287 g/mol. The van der Waals surface area contributed by atoms with Crippen LogP contribution in [0, 0.1) is 0 Å². The van der Waals surface area contributed by atoms with Gasteiger partial charge in [-0.1, -0.05) is 30.1 Å². The monoisotopic (exact) mass is 300 g/mol. The van der Waals surface area contributed by atoms with Crippen LogP contribution in [0.5, 0.6) is 0 Å². The van der Waals surface area contributed by atoms with E-state index in [1.54, 1.807) is 17.4 Å². The third kappa shape index (κ3) is 3.69. The van der Waals surface area contributed by atoms with Gasteiger partial charge in [0.15, 0.2) is 0 Å². The van der Waals surface area contributed by atoms with E-state index in [1.165, 1.54) is 4.88 Å². The summed E-state index contributed by atoms with van der Waals surface area (Å²) in [5.74, 6) is 0. The number of aromatic nitrogens is 1. The molecular formula is C13H14Cl2N2S. The standard InChI is InChI=1S/C13H14Cl2N2S/c1-2-11-7-17-13(18-11)8-16-6-9-5-10(14)3-4-12(9)15/h3-5,7,16H,2,6,8H2,1H3. The lowest BCUT2D eigenvalue weighted by molar-refractivity contribution is 0.690. The molecule has 0 atom stereocenters. The van der Waals surface area contributed by atoms with Crippen molar-refractivity contribution >= 4 is 34.5 Å². The molecule has 0 radical (unpaired) electrons. The Balaban J connectivity index is 1.90. The number of nitrogens with one attached hydrogen (secondary N) is 1. The van der Waals surface area contributed by atoms with Crippen molar-refractivity contribution in [1.82, 2.24) is 10.3 Å². The number of hydrogen-bond acceptors (Lipinski definition) is 3. The van der Waals surface area contributed by atoms with Crippen LogP contribution in [-0.2, 0) is 19.5 Å². The van der Waals surface area contributed by atoms with Gasteiger partial charge >= 0.3 is 0 Å². The van der Waals surface area contributed by atoms with Crippen molar-refractivity contribution in [3.63, 3.8) is 0 Å². The van der Waals surface area contributed by atoms with Crippen LogP contribution < -0.4 is 5.32 Å². The zero-order chi connectivity index (χ0) is 13.0. The van der Waals surface area contributed by atoms with E-state index in [2.05, 4.69) is 17.2 Å². The first-order valence-electron chi connectivity index (χ1n) is 5.77. The van der Waals surface area contributed by atoms with Gasteiger partial charge in [-0.3, -0.25) is 0 Å². The Labute approximate surface area is 121 Å². The van der Waals surface area contributed by atoms with Crippen LogP contribution in [-0.4, -0.2) is 4.98 Å². The molecule has 0 bridgehead atoms. The van der Waals surface area contributed by atoms with Gasteiger partial charge in [0.25, 0.3) is 0 Å². The minimum atomic E-state index is 0.695. The van der Waals surface area contributed by atoms with E-state index in [4.69, 9.17) is 23.2 Å². The maximum atomic E-state index is 6.09. The number of nitrogens with zero attached hydrogens (tertiary/aromatic N) is 1. The molecule has 0 saturated heterocycles. The molecule has 2 nitrogen and oxygen atoms in total. The van der Waals surface area contributed by atoms with Crippen molar-refractivity contribution in [2.75, 3.05) is 0 Å². The number of rotatable bonds is 5. The molecule has 96 valence electrons. The first-order chi connectivity index (χ1) is 8.69. The number of benzene rings is 1. The lowest BCUT2D eigenvalue weighted by atomic mass is 10.2. The van der Waals surface area contributed by atoms with Crippen molar-refractivity contribution in [2.24, 2.45) is 0 Å². The molecule has 0 aliphatic carbocycles. The van der Waals surface area contributed by atoms with Crippen molar-refractivity contribution in [3.8, 4) is 0 Å². The first kappa shape index (κ1) is 13.8. The van der Waals surface area contributed by atoms with Crippen LogP contribution in [0.15, 0.2) is 24.4 Å². The van der Waals surface area contributed by atoms with Gasteiger partial charge in [0.2, 0.25) is 0 Å². The van der Waals surface area contributed by atoms with E-state index in [9.17, 15) is 0 Å². The summed E-state index contributed by atoms with van der Waals surface area (Å²) in [5, 5.41) is 5.87. The Morgan fingerprint density at radius 2 is 2.11 bits per heavy atom. The second-order valence-electron chi connectivity index (χ2n) is 3.91. The fourth-order valence-electron chi connectivity index (χ4n) is 1.58. The van der Waals surface area contributed by atoms with Crippen LogP contribution in [0.1, 0.15) is 22.4 Å². The van der Waals surface area contributed by atoms with Crippen LogP contribution in [0.25, 0.3) is 0 Å². The highest BCUT2D eigenvalue weighted by Gasteiger charge is 2.03. The zero-order valence-corrected chi connectivity index (χ0v) is 12.4. The molecule has 2 rings (SSSR count). The summed E-state index contributed by atoms with van der Waals surface area (Å²) in [6.45, 7) is 3.59. The van der Waals surface area contributed by atoms with Crippen molar-refractivity contribution in [1.29, 1.82) is 0 Å². The summed E-state index contributed by atoms with van der Waals surface area (Å²) in [6, 6.07) is 5.50. The Kier molecular flexibility index (Phi) is 5.01. The lowest BCUT2D eigenvalue weighted by Gasteiger charge is -2.05. The lowest BCUT2D eigenvalue weighted by Crippen LogP contribution is -2.12. The summed E-state index contributed by atoms with van der Waals surface area (Å²) in [4.78, 5) is 5.67. The van der Waals surface area contributed by atoms with Gasteiger partial charge in [-0.05, 0) is 30.2 Å². The van der Waals surface area contributed by atoms with Gasteiger partial charge < -0.3 is 5.32 Å². The first-order valence-corrected chi connectivity index (χ1v) is 7.34. The van der Waals surface area contributed by atoms with Gasteiger partial charge in [-0.25, -0.2) is 4.98 Å². The van der Waals surface area contributed by atoms with Crippen LogP contribution >= 0.6 is 34.5 Å². The number of hydrogen-bond donors (Lipinski definition) is 1. The number of halogens is 2. The van der Waals surface area contributed by atoms with E-state index in [0.29, 0.717) is 11.6 Å². The van der Waals surface area contributed by atoms with Crippen molar-refractivity contribution in [2.45, 2.75) is 26.4 Å². The number of aryl methyl sites for hydroxylation is 1. The fourth-order valence-corrected chi connectivity index (χ4v) is 2.79. The van der Waals surface area contributed by atoms with Gasteiger partial charge in [0.05, 0.1) is 0 Å². The third-order valence-corrected chi connectivity index (χ3v) is 4.29. The second-order valence-corrected chi connectivity index (χ2v) is 5.96. The Morgan fingerprint density at radius 1 is 1.28 bits per heavy atom. The van der Waals surface area contributed by atoms with E-state index in [-0.39, 0.29) is 0 Å². The molecule has 0 saturated carbocycles. The van der Waals surface area contributed by atoms with Crippen LogP contribution in [0.4, 0.5) is 0 Å². The average molecular weight is 301 g/mol. The van der Waals surface area contributed by atoms with Crippen LogP contribution in [0.3, 0.4) is 0 Å². The SMILES string of the molecule is CCc1cnc(CNCc2cc(Cl)ccc2Cl)s1. The number of thiazole rings is 1. The molecule has 1 N–H and O–H groups in total. The highest BCUT2D eigenvalue weighted by molar-refractivity contribution is 7.11. The predicted molar refractivity (Wildman–Crippen MR) is 78.5 cm³/mol. The topological polar surface area (TPSA) is 24.9 Å². The van der Waals surface area contributed by atoms with Crippen molar-refractivity contribution in [3.05, 3.63) is 49.9 Å². The fraction of sp³-hybridized carbons (Fsp3) is 0.308. The van der Waals surface area contributed by atoms with Gasteiger partial charge in [0, 0.05) is 34.2 Å². The van der Waals surface area contributed by atoms with Gasteiger partial charge in [-0.15, -0.1) is 11.3 Å². The molecule has 1 aromatic heterocycles. The van der Waals surface area contributed by atoms with Crippen molar-refractivity contribution < 1.29 is 0 Å². The van der Waals surface area contributed by atoms with E-state index in [1.807, 2.05) is 18.3 Å². The summed E-state index contributed by atoms with van der Waals surface area (Å²) in [7, 11) is 0. The predicted octanol–water partition coefficient (Wildman–Crippen LogP) is 4.30.